The molecule has 3 nitrogen and oxygen atoms in total. The molecule has 0 aliphatic rings. The second kappa shape index (κ2) is 5.04. The number of carbonyl (C=O) groups excluding carboxylic acids is 1. The van der Waals surface area contributed by atoms with Crippen LogP contribution < -0.4 is 0 Å². The van der Waals surface area contributed by atoms with Gasteiger partial charge in [-0.05, 0) is 41.6 Å². The van der Waals surface area contributed by atoms with Crippen LogP contribution >= 0.6 is 45.8 Å². The highest BCUT2D eigenvalue weighted by Crippen LogP contribution is 2.32. The molecule has 0 radical (unpaired) electrons. The van der Waals surface area contributed by atoms with Gasteiger partial charge >= 0.3 is 5.97 Å². The molecule has 0 fully saturated rings. The number of nitrogens with one attached hydrogen (secondary N) is 1. The van der Waals surface area contributed by atoms with Gasteiger partial charge in [0.1, 0.15) is 5.69 Å². The highest BCUT2D eigenvalue weighted by Gasteiger charge is 2.17. The van der Waals surface area contributed by atoms with Crippen molar-refractivity contribution in [2.24, 2.45) is 0 Å². The molecule has 0 saturated carbocycles. The van der Waals surface area contributed by atoms with E-state index in [1.165, 1.54) is 0 Å². The molecule has 1 N–H and O–H groups in total. The van der Waals surface area contributed by atoms with Crippen LogP contribution in [0.1, 0.15) is 17.4 Å². The molecule has 0 unspecified atom stereocenters. The first-order valence-electron chi connectivity index (χ1n) is 4.88. The Hall–Kier alpha value is -0.460. The lowest BCUT2D eigenvalue weighted by Crippen LogP contribution is -2.06. The van der Waals surface area contributed by atoms with Crippen molar-refractivity contribution in [3.05, 3.63) is 31.4 Å². The maximum atomic E-state index is 11.7. The Morgan fingerprint density at radius 3 is 2.71 bits per heavy atom. The number of aromatic amines is 1. The summed E-state index contributed by atoms with van der Waals surface area (Å²) in [4.78, 5) is 14.7. The molecule has 0 atom stereocenters. The molecule has 2 aromatic rings. The van der Waals surface area contributed by atoms with E-state index in [9.17, 15) is 4.79 Å². The average molecular weight is 384 g/mol. The Morgan fingerprint density at radius 2 is 2.06 bits per heavy atom. The topological polar surface area (TPSA) is 42.1 Å². The third-order valence-electron chi connectivity index (χ3n) is 2.26. The van der Waals surface area contributed by atoms with E-state index in [2.05, 4.69) is 27.6 Å². The summed E-state index contributed by atoms with van der Waals surface area (Å²) in [5.41, 5.74) is 1.20. The third kappa shape index (κ3) is 2.39. The molecule has 0 bridgehead atoms. The van der Waals surface area contributed by atoms with Gasteiger partial charge in [0.2, 0.25) is 0 Å². The monoisotopic (exact) mass is 383 g/mol. The number of esters is 1. The van der Waals surface area contributed by atoms with Crippen molar-refractivity contribution in [3.8, 4) is 0 Å². The molecule has 0 aliphatic heterocycles. The van der Waals surface area contributed by atoms with E-state index in [0.717, 1.165) is 14.5 Å². The number of carbonyl (C=O) groups is 1. The summed E-state index contributed by atoms with van der Waals surface area (Å²) in [6.45, 7) is 2.10. The summed E-state index contributed by atoms with van der Waals surface area (Å²) in [6.07, 6.45) is 0. The van der Waals surface area contributed by atoms with Crippen molar-refractivity contribution in [1.82, 2.24) is 4.98 Å². The molecule has 0 amide bonds. The number of aromatic nitrogens is 1. The Morgan fingerprint density at radius 1 is 1.41 bits per heavy atom. The van der Waals surface area contributed by atoms with E-state index in [4.69, 9.17) is 27.9 Å². The van der Waals surface area contributed by atoms with Crippen molar-refractivity contribution in [1.29, 1.82) is 0 Å². The minimum atomic E-state index is -0.375. The van der Waals surface area contributed by atoms with Crippen LogP contribution in [-0.2, 0) is 4.74 Å². The first-order chi connectivity index (χ1) is 8.04. The highest BCUT2D eigenvalue weighted by molar-refractivity contribution is 14.1. The van der Waals surface area contributed by atoms with Gasteiger partial charge in [0.05, 0.1) is 20.2 Å². The SMILES string of the molecule is CCOC(=O)c1[nH]c2cc(Cl)c(Cl)cc2c1I. The van der Waals surface area contributed by atoms with Gasteiger partial charge in [-0.2, -0.15) is 0 Å². The summed E-state index contributed by atoms with van der Waals surface area (Å²) in [7, 11) is 0. The van der Waals surface area contributed by atoms with Gasteiger partial charge in [-0.25, -0.2) is 4.79 Å². The van der Waals surface area contributed by atoms with E-state index in [1.54, 1.807) is 19.1 Å². The first-order valence-corrected chi connectivity index (χ1v) is 6.71. The summed E-state index contributed by atoms with van der Waals surface area (Å²) in [5.74, 6) is -0.375. The van der Waals surface area contributed by atoms with Gasteiger partial charge < -0.3 is 9.72 Å². The first kappa shape index (κ1) is 13.0. The lowest BCUT2D eigenvalue weighted by Gasteiger charge is -1.98. The van der Waals surface area contributed by atoms with Crippen LogP contribution in [0.4, 0.5) is 0 Å². The van der Waals surface area contributed by atoms with Crippen molar-refractivity contribution >= 4 is 62.7 Å². The molecule has 1 aromatic heterocycles. The van der Waals surface area contributed by atoms with Crippen molar-refractivity contribution in [2.45, 2.75) is 6.92 Å². The van der Waals surface area contributed by atoms with Crippen molar-refractivity contribution in [3.63, 3.8) is 0 Å². The lowest BCUT2D eigenvalue weighted by molar-refractivity contribution is 0.0519. The van der Waals surface area contributed by atoms with Gasteiger partial charge in [0.25, 0.3) is 0 Å². The zero-order chi connectivity index (χ0) is 12.6. The maximum Gasteiger partial charge on any atom is 0.355 e. The molecule has 90 valence electrons. The number of ether oxygens (including phenoxy) is 1. The van der Waals surface area contributed by atoms with Crippen molar-refractivity contribution < 1.29 is 9.53 Å². The van der Waals surface area contributed by atoms with Gasteiger partial charge in [0.15, 0.2) is 0 Å². The number of rotatable bonds is 2. The molecule has 0 saturated heterocycles. The fraction of sp³-hybridized carbons (Fsp3) is 0.182. The summed E-state index contributed by atoms with van der Waals surface area (Å²) in [6, 6.07) is 3.43. The minimum Gasteiger partial charge on any atom is -0.461 e. The van der Waals surface area contributed by atoms with E-state index in [1.807, 2.05) is 0 Å². The fourth-order valence-electron chi connectivity index (χ4n) is 1.50. The van der Waals surface area contributed by atoms with Crippen LogP contribution in [-0.4, -0.2) is 17.6 Å². The molecule has 2 rings (SSSR count). The van der Waals surface area contributed by atoms with Crippen LogP contribution in [0, 0.1) is 3.57 Å². The van der Waals surface area contributed by atoms with Crippen LogP contribution in [0.2, 0.25) is 10.0 Å². The predicted molar refractivity (Wildman–Crippen MR) is 77.0 cm³/mol. The van der Waals surface area contributed by atoms with E-state index in [-0.39, 0.29) is 5.97 Å². The smallest absolute Gasteiger partial charge is 0.355 e. The summed E-state index contributed by atoms with van der Waals surface area (Å²) >= 11 is 13.9. The zero-order valence-corrected chi connectivity index (χ0v) is 12.5. The Labute approximate surface area is 122 Å². The second-order valence-corrected chi connectivity index (χ2v) is 5.24. The Bertz CT molecular complexity index is 595. The number of hydrogen-bond donors (Lipinski definition) is 1. The molecule has 1 aromatic carbocycles. The fourth-order valence-corrected chi connectivity index (χ4v) is 2.63. The second-order valence-electron chi connectivity index (χ2n) is 3.35. The normalized spacial score (nSPS) is 10.8. The number of halogens is 3. The van der Waals surface area contributed by atoms with Gasteiger partial charge in [-0.3, -0.25) is 0 Å². The molecule has 17 heavy (non-hydrogen) atoms. The molecular formula is C11H8Cl2INO2. The van der Waals surface area contributed by atoms with Gasteiger partial charge in [-0.15, -0.1) is 0 Å². The quantitative estimate of drug-likeness (QED) is 0.622. The van der Waals surface area contributed by atoms with Crippen molar-refractivity contribution in [2.75, 3.05) is 6.61 Å². The molecular weight excluding hydrogens is 376 g/mol. The van der Waals surface area contributed by atoms with Gasteiger partial charge in [0, 0.05) is 10.9 Å². The van der Waals surface area contributed by atoms with Crippen LogP contribution in [0.25, 0.3) is 10.9 Å². The molecule has 1 heterocycles. The van der Waals surface area contributed by atoms with Gasteiger partial charge in [-0.1, -0.05) is 23.2 Å². The van der Waals surface area contributed by atoms with E-state index >= 15 is 0 Å². The zero-order valence-electron chi connectivity index (χ0n) is 8.81. The summed E-state index contributed by atoms with van der Waals surface area (Å²) < 4.78 is 5.74. The summed E-state index contributed by atoms with van der Waals surface area (Å²) in [5, 5.41) is 1.78. The van der Waals surface area contributed by atoms with Crippen LogP contribution in [0.5, 0.6) is 0 Å². The van der Waals surface area contributed by atoms with Crippen LogP contribution in [0.15, 0.2) is 12.1 Å². The molecule has 0 spiro atoms. The molecule has 0 aliphatic carbocycles. The number of hydrogen-bond acceptors (Lipinski definition) is 2. The standard InChI is InChI=1S/C11H8Cl2INO2/c1-2-17-11(16)10-9(14)5-3-6(12)7(13)4-8(5)15-10/h3-4,15H,2H2,1H3. The number of H-pyrrole nitrogens is 1. The number of benzene rings is 1. The van der Waals surface area contributed by atoms with Crippen LogP contribution in [0.3, 0.4) is 0 Å². The molecule has 6 heteroatoms. The van der Waals surface area contributed by atoms with E-state index in [0.29, 0.717) is 22.3 Å². The minimum absolute atomic E-state index is 0.339. The predicted octanol–water partition coefficient (Wildman–Crippen LogP) is 4.26. The van der Waals surface area contributed by atoms with E-state index < -0.39 is 0 Å². The highest BCUT2D eigenvalue weighted by atomic mass is 127. The Balaban J connectivity index is 2.60. The lowest BCUT2D eigenvalue weighted by atomic mass is 10.2. The Kier molecular flexibility index (Phi) is 3.85. The number of fused-ring (bicyclic) bond motifs is 1. The largest absolute Gasteiger partial charge is 0.461 e. The maximum absolute atomic E-state index is 11.7. The average Bonchev–Trinajstić information content (AvgIpc) is 2.58. The third-order valence-corrected chi connectivity index (χ3v) is 4.10.